The number of H-pyrrole nitrogens is 1. The highest BCUT2D eigenvalue weighted by Gasteiger charge is 2.20. The normalized spacial score (nSPS) is 18.2. The molecule has 1 aliphatic rings. The van der Waals surface area contributed by atoms with Gasteiger partial charge < -0.3 is 19.8 Å². The van der Waals surface area contributed by atoms with Gasteiger partial charge in [-0.05, 0) is 31.5 Å². The van der Waals surface area contributed by atoms with Gasteiger partial charge in [0.1, 0.15) is 17.3 Å². The quantitative estimate of drug-likeness (QED) is 0.898. The zero-order valence-corrected chi connectivity index (χ0v) is 11.8. The van der Waals surface area contributed by atoms with E-state index in [1.165, 1.54) is 6.42 Å². The van der Waals surface area contributed by atoms with E-state index in [1.807, 2.05) is 24.4 Å². The summed E-state index contributed by atoms with van der Waals surface area (Å²) in [6.45, 7) is 1.06. The maximum atomic E-state index is 5.43. The predicted molar refractivity (Wildman–Crippen MR) is 77.1 cm³/mol. The fourth-order valence-electron chi connectivity index (χ4n) is 2.59. The fraction of sp³-hybridized carbons (Fsp3) is 0.400. The largest absolute Gasteiger partial charge is 0.497 e. The molecule has 20 heavy (non-hydrogen) atoms. The van der Waals surface area contributed by atoms with Crippen molar-refractivity contribution in [1.29, 1.82) is 0 Å². The zero-order chi connectivity index (χ0) is 13.9. The Morgan fingerprint density at radius 2 is 2.15 bits per heavy atom. The van der Waals surface area contributed by atoms with Crippen LogP contribution in [0.15, 0.2) is 24.4 Å². The maximum absolute atomic E-state index is 5.43. The van der Waals surface area contributed by atoms with Gasteiger partial charge in [-0.25, -0.2) is 4.98 Å². The van der Waals surface area contributed by atoms with Gasteiger partial charge in [-0.1, -0.05) is 0 Å². The first-order chi connectivity index (χ1) is 9.81. The third-order valence-corrected chi connectivity index (χ3v) is 3.68. The summed E-state index contributed by atoms with van der Waals surface area (Å²) in [4.78, 5) is 7.88. The third-order valence-electron chi connectivity index (χ3n) is 3.68. The van der Waals surface area contributed by atoms with E-state index >= 15 is 0 Å². The lowest BCUT2D eigenvalue weighted by molar-refractivity contribution is 0.395. The Kier molecular flexibility index (Phi) is 3.60. The molecule has 5 nitrogen and oxygen atoms in total. The van der Waals surface area contributed by atoms with Gasteiger partial charge in [-0.2, -0.15) is 0 Å². The Hall–Kier alpha value is -2.01. The Morgan fingerprint density at radius 1 is 1.25 bits per heavy atom. The van der Waals surface area contributed by atoms with Gasteiger partial charge >= 0.3 is 0 Å². The molecule has 0 bridgehead atoms. The minimum Gasteiger partial charge on any atom is -0.497 e. The minimum atomic E-state index is 0.341. The lowest BCUT2D eigenvalue weighted by Gasteiger charge is -2.09. The van der Waals surface area contributed by atoms with Gasteiger partial charge in [0.15, 0.2) is 0 Å². The number of nitrogens with zero attached hydrogens (tertiary/aromatic N) is 1. The van der Waals surface area contributed by atoms with Gasteiger partial charge in [-0.3, -0.25) is 0 Å². The summed E-state index contributed by atoms with van der Waals surface area (Å²) in [5.74, 6) is 2.55. The Morgan fingerprint density at radius 3 is 2.85 bits per heavy atom. The molecule has 0 saturated carbocycles. The molecule has 1 aromatic heterocycles. The number of ether oxygens (including phenoxy) is 2. The number of rotatable bonds is 4. The SMILES string of the molecule is COc1ccc(-c2cnc(C3CCCN3)[nH]2)c(OC)c1. The van der Waals surface area contributed by atoms with Gasteiger partial charge in [0.2, 0.25) is 0 Å². The summed E-state index contributed by atoms with van der Waals surface area (Å²) in [6.07, 6.45) is 4.19. The summed E-state index contributed by atoms with van der Waals surface area (Å²) in [7, 11) is 3.31. The van der Waals surface area contributed by atoms with Crippen LogP contribution in [0.4, 0.5) is 0 Å². The second-order valence-electron chi connectivity index (χ2n) is 4.90. The van der Waals surface area contributed by atoms with Gasteiger partial charge in [0.25, 0.3) is 0 Å². The molecule has 1 fully saturated rings. The van der Waals surface area contributed by atoms with Crippen molar-refractivity contribution < 1.29 is 9.47 Å². The molecule has 1 unspecified atom stereocenters. The van der Waals surface area contributed by atoms with E-state index in [0.29, 0.717) is 6.04 Å². The number of methoxy groups -OCH3 is 2. The van der Waals surface area contributed by atoms with Crippen LogP contribution in [0.25, 0.3) is 11.3 Å². The highest BCUT2D eigenvalue weighted by Crippen LogP contribution is 2.33. The van der Waals surface area contributed by atoms with E-state index in [-0.39, 0.29) is 0 Å². The van der Waals surface area contributed by atoms with E-state index in [1.54, 1.807) is 14.2 Å². The molecule has 0 aliphatic carbocycles. The number of aromatic amines is 1. The first-order valence-electron chi connectivity index (χ1n) is 6.82. The van der Waals surface area contributed by atoms with Crippen LogP contribution in [0.1, 0.15) is 24.7 Å². The van der Waals surface area contributed by atoms with Crippen molar-refractivity contribution in [1.82, 2.24) is 15.3 Å². The van der Waals surface area contributed by atoms with Gasteiger partial charge in [0, 0.05) is 11.6 Å². The Balaban J connectivity index is 1.92. The van der Waals surface area contributed by atoms with Crippen molar-refractivity contribution in [2.75, 3.05) is 20.8 Å². The first-order valence-corrected chi connectivity index (χ1v) is 6.82. The zero-order valence-electron chi connectivity index (χ0n) is 11.8. The van der Waals surface area contributed by atoms with Crippen LogP contribution >= 0.6 is 0 Å². The fourth-order valence-corrected chi connectivity index (χ4v) is 2.59. The van der Waals surface area contributed by atoms with Crippen molar-refractivity contribution in [3.05, 3.63) is 30.2 Å². The van der Waals surface area contributed by atoms with Crippen molar-refractivity contribution in [3.63, 3.8) is 0 Å². The lowest BCUT2D eigenvalue weighted by atomic mass is 10.1. The maximum Gasteiger partial charge on any atom is 0.131 e. The second kappa shape index (κ2) is 5.54. The molecule has 106 valence electrons. The smallest absolute Gasteiger partial charge is 0.131 e. The molecule has 1 aliphatic heterocycles. The van der Waals surface area contributed by atoms with Crippen molar-refractivity contribution in [2.45, 2.75) is 18.9 Å². The molecule has 1 atom stereocenters. The molecule has 2 N–H and O–H groups in total. The van der Waals surface area contributed by atoms with E-state index in [9.17, 15) is 0 Å². The monoisotopic (exact) mass is 273 g/mol. The van der Waals surface area contributed by atoms with Crippen LogP contribution in [0.5, 0.6) is 11.5 Å². The summed E-state index contributed by atoms with van der Waals surface area (Å²) in [5, 5.41) is 3.44. The molecule has 2 heterocycles. The van der Waals surface area contributed by atoms with E-state index < -0.39 is 0 Å². The number of hydrogen-bond acceptors (Lipinski definition) is 4. The average Bonchev–Trinajstić information content (AvgIpc) is 3.17. The van der Waals surface area contributed by atoms with E-state index in [0.717, 1.165) is 41.5 Å². The van der Waals surface area contributed by atoms with E-state index in [2.05, 4.69) is 15.3 Å². The van der Waals surface area contributed by atoms with Crippen molar-refractivity contribution >= 4 is 0 Å². The highest BCUT2D eigenvalue weighted by molar-refractivity contribution is 5.68. The average molecular weight is 273 g/mol. The number of aromatic nitrogens is 2. The molecule has 2 aromatic rings. The van der Waals surface area contributed by atoms with Crippen molar-refractivity contribution in [3.8, 4) is 22.8 Å². The minimum absolute atomic E-state index is 0.341. The number of imidazole rings is 1. The number of nitrogens with one attached hydrogen (secondary N) is 2. The molecular weight excluding hydrogens is 254 g/mol. The van der Waals surface area contributed by atoms with Crippen LogP contribution in [0, 0.1) is 0 Å². The van der Waals surface area contributed by atoms with Crippen molar-refractivity contribution in [2.24, 2.45) is 0 Å². The Labute approximate surface area is 118 Å². The van der Waals surface area contributed by atoms with Crippen LogP contribution in [-0.4, -0.2) is 30.7 Å². The van der Waals surface area contributed by atoms with Gasteiger partial charge in [0.05, 0.1) is 32.2 Å². The topological polar surface area (TPSA) is 59.2 Å². The number of benzene rings is 1. The van der Waals surface area contributed by atoms with Gasteiger partial charge in [-0.15, -0.1) is 0 Å². The van der Waals surface area contributed by atoms with Crippen LogP contribution in [0.2, 0.25) is 0 Å². The van der Waals surface area contributed by atoms with Crippen LogP contribution in [0.3, 0.4) is 0 Å². The third kappa shape index (κ3) is 2.36. The highest BCUT2D eigenvalue weighted by atomic mass is 16.5. The molecule has 0 radical (unpaired) electrons. The summed E-state index contributed by atoms with van der Waals surface area (Å²) in [5.41, 5.74) is 1.96. The summed E-state index contributed by atoms with van der Waals surface area (Å²) >= 11 is 0. The summed E-state index contributed by atoms with van der Waals surface area (Å²) < 4.78 is 10.7. The summed E-state index contributed by atoms with van der Waals surface area (Å²) in [6, 6.07) is 6.13. The first kappa shape index (κ1) is 13.0. The molecule has 1 aromatic carbocycles. The standard InChI is InChI=1S/C15H19N3O2/c1-19-10-5-6-11(14(8-10)20-2)13-9-17-15(18-13)12-4-3-7-16-12/h5-6,8-9,12,16H,3-4,7H2,1-2H3,(H,17,18). The predicted octanol–water partition coefficient (Wildman–Crippen LogP) is 2.52. The molecular formula is C15H19N3O2. The lowest BCUT2D eigenvalue weighted by Crippen LogP contribution is -2.14. The molecule has 0 spiro atoms. The van der Waals surface area contributed by atoms with Crippen LogP contribution in [-0.2, 0) is 0 Å². The Bertz CT molecular complexity index is 589. The van der Waals surface area contributed by atoms with E-state index in [4.69, 9.17) is 9.47 Å². The second-order valence-corrected chi connectivity index (χ2v) is 4.90. The molecule has 0 amide bonds. The number of hydrogen-bond donors (Lipinski definition) is 2. The molecule has 1 saturated heterocycles. The molecule has 3 rings (SSSR count). The van der Waals surface area contributed by atoms with Crippen LogP contribution < -0.4 is 14.8 Å². The molecule has 5 heteroatoms.